The zero-order valence-electron chi connectivity index (χ0n) is 16.3. The number of aromatic nitrogens is 5. The number of nitrogens with zero attached hydrogens (tertiary/aromatic N) is 5. The lowest BCUT2D eigenvalue weighted by atomic mass is 10.0. The molecule has 0 saturated carbocycles. The van der Waals surface area contributed by atoms with Gasteiger partial charge in [0.05, 0.1) is 5.25 Å². The summed E-state index contributed by atoms with van der Waals surface area (Å²) >= 11 is 1.46. The number of aryl methyl sites for hydroxylation is 1. The van der Waals surface area contributed by atoms with Crippen LogP contribution in [0.2, 0.25) is 0 Å². The van der Waals surface area contributed by atoms with Crippen LogP contribution in [0.5, 0.6) is 0 Å². The van der Waals surface area contributed by atoms with Crippen LogP contribution in [-0.2, 0) is 6.42 Å². The molecule has 4 rings (SSSR count). The highest BCUT2D eigenvalue weighted by Gasteiger charge is 2.19. The van der Waals surface area contributed by atoms with Crippen LogP contribution in [0.4, 0.5) is 0 Å². The predicted octanol–water partition coefficient (Wildman–Crippen LogP) is 5.39. The van der Waals surface area contributed by atoms with E-state index in [-0.39, 0.29) is 5.25 Å². The molecule has 0 aliphatic heterocycles. The molecule has 2 aromatic carbocycles. The lowest BCUT2D eigenvalue weighted by molar-refractivity contribution is 0.374. The number of thioether (sulfide) groups is 1. The van der Waals surface area contributed by atoms with Gasteiger partial charge in [-0.1, -0.05) is 84.5 Å². The molecule has 0 amide bonds. The fourth-order valence-electron chi connectivity index (χ4n) is 2.92. The Morgan fingerprint density at radius 1 is 0.862 bits per heavy atom. The molecule has 29 heavy (non-hydrogen) atoms. The quantitative estimate of drug-likeness (QED) is 0.383. The van der Waals surface area contributed by atoms with Gasteiger partial charge in [0.25, 0.3) is 0 Å². The second-order valence-electron chi connectivity index (χ2n) is 6.58. The Bertz CT molecular complexity index is 1070. The first-order chi connectivity index (χ1) is 14.2. The third kappa shape index (κ3) is 4.51. The normalized spacial score (nSPS) is 12.1. The third-order valence-electron chi connectivity index (χ3n) is 4.35. The van der Waals surface area contributed by atoms with Crippen LogP contribution in [0, 0.1) is 0 Å². The minimum Gasteiger partial charge on any atom is -0.338 e. The van der Waals surface area contributed by atoms with E-state index >= 15 is 0 Å². The first kappa shape index (κ1) is 19.3. The molecule has 0 aliphatic carbocycles. The maximum atomic E-state index is 5.40. The van der Waals surface area contributed by atoms with E-state index in [4.69, 9.17) is 9.51 Å². The SMILES string of the molecule is CCCc1noc([C@@H](C)Sc2nnc(-c3ccccc3)c(-c3ccccc3)n2)n1. The monoisotopic (exact) mass is 403 g/mol. The largest absolute Gasteiger partial charge is 0.338 e. The molecule has 7 heteroatoms. The van der Waals surface area contributed by atoms with Gasteiger partial charge in [0.2, 0.25) is 11.0 Å². The van der Waals surface area contributed by atoms with E-state index in [1.807, 2.05) is 67.6 Å². The molecular formula is C22H21N5OS. The summed E-state index contributed by atoms with van der Waals surface area (Å²) in [6.45, 7) is 4.09. The Morgan fingerprint density at radius 3 is 2.17 bits per heavy atom. The molecule has 2 aromatic heterocycles. The van der Waals surface area contributed by atoms with Crippen molar-refractivity contribution in [3.05, 3.63) is 72.4 Å². The molecule has 146 valence electrons. The van der Waals surface area contributed by atoms with E-state index in [2.05, 4.69) is 27.3 Å². The molecule has 0 unspecified atom stereocenters. The van der Waals surface area contributed by atoms with Gasteiger partial charge in [-0.25, -0.2) is 4.98 Å². The highest BCUT2D eigenvalue weighted by molar-refractivity contribution is 7.99. The van der Waals surface area contributed by atoms with Gasteiger partial charge in [-0.2, -0.15) is 4.98 Å². The van der Waals surface area contributed by atoms with Gasteiger partial charge in [-0.05, 0) is 13.3 Å². The molecule has 0 radical (unpaired) electrons. The number of rotatable bonds is 7. The van der Waals surface area contributed by atoms with Gasteiger partial charge in [-0.15, -0.1) is 10.2 Å². The summed E-state index contributed by atoms with van der Waals surface area (Å²) in [6, 6.07) is 20.0. The van der Waals surface area contributed by atoms with Crippen LogP contribution < -0.4 is 0 Å². The molecule has 0 aliphatic rings. The van der Waals surface area contributed by atoms with Gasteiger partial charge >= 0.3 is 0 Å². The summed E-state index contributed by atoms with van der Waals surface area (Å²) in [6.07, 6.45) is 1.79. The molecule has 0 fully saturated rings. The van der Waals surface area contributed by atoms with E-state index in [0.29, 0.717) is 11.0 Å². The van der Waals surface area contributed by atoms with Crippen molar-refractivity contribution < 1.29 is 4.52 Å². The fourth-order valence-corrected chi connectivity index (χ4v) is 3.66. The van der Waals surface area contributed by atoms with Gasteiger partial charge in [0, 0.05) is 17.5 Å². The second-order valence-corrected chi connectivity index (χ2v) is 7.89. The van der Waals surface area contributed by atoms with E-state index in [0.717, 1.165) is 41.2 Å². The van der Waals surface area contributed by atoms with Crippen LogP contribution in [0.1, 0.15) is 37.2 Å². The van der Waals surface area contributed by atoms with Crippen molar-refractivity contribution in [3.8, 4) is 22.5 Å². The van der Waals surface area contributed by atoms with Crippen molar-refractivity contribution in [2.24, 2.45) is 0 Å². The smallest absolute Gasteiger partial charge is 0.239 e. The summed E-state index contributed by atoms with van der Waals surface area (Å²) < 4.78 is 5.40. The average Bonchev–Trinajstić information content (AvgIpc) is 3.24. The van der Waals surface area contributed by atoms with Crippen molar-refractivity contribution in [2.75, 3.05) is 0 Å². The molecule has 0 spiro atoms. The van der Waals surface area contributed by atoms with Gasteiger partial charge in [0.1, 0.15) is 11.4 Å². The summed E-state index contributed by atoms with van der Waals surface area (Å²) in [5, 5.41) is 13.4. The van der Waals surface area contributed by atoms with Crippen molar-refractivity contribution in [1.82, 2.24) is 25.3 Å². The second kappa shape index (κ2) is 8.96. The highest BCUT2D eigenvalue weighted by Crippen LogP contribution is 2.34. The lowest BCUT2D eigenvalue weighted by Gasteiger charge is -2.10. The van der Waals surface area contributed by atoms with Crippen molar-refractivity contribution >= 4 is 11.8 Å². The van der Waals surface area contributed by atoms with Crippen molar-refractivity contribution in [3.63, 3.8) is 0 Å². The zero-order valence-corrected chi connectivity index (χ0v) is 17.1. The average molecular weight is 404 g/mol. The molecule has 6 nitrogen and oxygen atoms in total. The van der Waals surface area contributed by atoms with Crippen LogP contribution in [0.15, 0.2) is 70.3 Å². The summed E-state index contributed by atoms with van der Waals surface area (Å²) in [5.74, 6) is 1.31. The molecular weight excluding hydrogens is 382 g/mol. The molecule has 2 heterocycles. The van der Waals surface area contributed by atoms with E-state index < -0.39 is 0 Å². The van der Waals surface area contributed by atoms with E-state index in [1.165, 1.54) is 11.8 Å². The van der Waals surface area contributed by atoms with E-state index in [1.54, 1.807) is 0 Å². The number of benzene rings is 2. The Kier molecular flexibility index (Phi) is 5.95. The topological polar surface area (TPSA) is 77.6 Å². The van der Waals surface area contributed by atoms with Crippen LogP contribution in [0.3, 0.4) is 0 Å². The molecule has 0 saturated heterocycles. The van der Waals surface area contributed by atoms with Crippen molar-refractivity contribution in [1.29, 1.82) is 0 Å². The Hall–Kier alpha value is -3.06. The molecule has 0 N–H and O–H groups in total. The summed E-state index contributed by atoms with van der Waals surface area (Å²) in [4.78, 5) is 9.29. The predicted molar refractivity (Wildman–Crippen MR) is 113 cm³/mol. The van der Waals surface area contributed by atoms with Crippen LogP contribution in [0.25, 0.3) is 22.5 Å². The minimum absolute atomic E-state index is 0.0684. The minimum atomic E-state index is -0.0684. The van der Waals surface area contributed by atoms with Crippen LogP contribution in [-0.4, -0.2) is 25.3 Å². The van der Waals surface area contributed by atoms with E-state index in [9.17, 15) is 0 Å². The van der Waals surface area contributed by atoms with Crippen molar-refractivity contribution in [2.45, 2.75) is 37.1 Å². The maximum Gasteiger partial charge on any atom is 0.239 e. The Labute approximate surface area is 173 Å². The standard InChI is InChI=1S/C22H21N5OS/c1-3-10-18-23-21(28-27-18)15(2)29-22-24-19(16-11-6-4-7-12-16)20(25-26-22)17-13-8-5-9-14-17/h4-9,11-15H,3,10H2,1-2H3/t15-/m1/s1. The Balaban J connectivity index is 1.66. The Morgan fingerprint density at radius 2 is 1.52 bits per heavy atom. The fraction of sp³-hybridized carbons (Fsp3) is 0.227. The van der Waals surface area contributed by atoms with Gasteiger partial charge < -0.3 is 4.52 Å². The molecule has 0 bridgehead atoms. The molecule has 4 aromatic rings. The van der Waals surface area contributed by atoms with Gasteiger partial charge in [0.15, 0.2) is 5.82 Å². The van der Waals surface area contributed by atoms with Gasteiger partial charge in [-0.3, -0.25) is 0 Å². The summed E-state index contributed by atoms with van der Waals surface area (Å²) in [5.41, 5.74) is 3.55. The zero-order chi connectivity index (χ0) is 20.1. The number of hydrogen-bond acceptors (Lipinski definition) is 7. The third-order valence-corrected chi connectivity index (χ3v) is 5.29. The molecule has 1 atom stereocenters. The lowest BCUT2D eigenvalue weighted by Crippen LogP contribution is -2.00. The number of hydrogen-bond donors (Lipinski definition) is 0. The highest BCUT2D eigenvalue weighted by atomic mass is 32.2. The first-order valence-corrected chi connectivity index (χ1v) is 10.5. The summed E-state index contributed by atoms with van der Waals surface area (Å²) in [7, 11) is 0. The van der Waals surface area contributed by atoms with Crippen LogP contribution >= 0.6 is 11.8 Å². The maximum absolute atomic E-state index is 5.40. The first-order valence-electron chi connectivity index (χ1n) is 9.59.